The maximum atomic E-state index is 14.5. The van der Waals surface area contributed by atoms with E-state index in [-0.39, 0.29) is 24.8 Å². The fraction of sp³-hybridized carbons (Fsp3) is 0.576. The number of rotatable bonds is 13. The molecule has 5 atom stereocenters. The highest BCUT2D eigenvalue weighted by Crippen LogP contribution is 2.40. The first kappa shape index (κ1) is 31.1. The van der Waals surface area contributed by atoms with Crippen LogP contribution in [0.3, 0.4) is 0 Å². The Morgan fingerprint density at radius 1 is 1.12 bits per heavy atom. The minimum Gasteiger partial charge on any atom is -0.390 e. The summed E-state index contributed by atoms with van der Waals surface area (Å²) in [5, 5.41) is 17.6. The van der Waals surface area contributed by atoms with Crippen LogP contribution in [0.2, 0.25) is 0 Å². The summed E-state index contributed by atoms with van der Waals surface area (Å²) in [4.78, 5) is 30.7. The number of nitrogens with zero attached hydrogens (tertiary/aromatic N) is 2. The van der Waals surface area contributed by atoms with Gasteiger partial charge in [-0.3, -0.25) is 14.5 Å². The Labute approximate surface area is 244 Å². The Morgan fingerprint density at radius 3 is 2.56 bits per heavy atom. The summed E-state index contributed by atoms with van der Waals surface area (Å²) in [6, 6.07) is 16.9. The molecule has 0 saturated carbocycles. The zero-order valence-corrected chi connectivity index (χ0v) is 25.0. The van der Waals surface area contributed by atoms with E-state index in [1.54, 1.807) is 11.8 Å². The number of carbonyl (C=O) groups excluding carboxylic acids is 2. The minimum atomic E-state index is -1.03. The molecule has 1 spiro atoms. The number of halogens is 1. The van der Waals surface area contributed by atoms with Gasteiger partial charge in [0.15, 0.2) is 0 Å². The van der Waals surface area contributed by atoms with E-state index >= 15 is 0 Å². The lowest BCUT2D eigenvalue weighted by Gasteiger charge is -2.34. The number of amides is 2. The topological polar surface area (TPSA) is 84.9 Å². The number of alkyl halides is 1. The van der Waals surface area contributed by atoms with Crippen molar-refractivity contribution in [3.8, 4) is 0 Å². The fourth-order valence-electron chi connectivity index (χ4n) is 6.35. The molecule has 2 saturated heterocycles. The number of hydrogen-bond acceptors (Lipinski definition) is 5. The summed E-state index contributed by atoms with van der Waals surface area (Å²) in [7, 11) is 0. The van der Waals surface area contributed by atoms with Gasteiger partial charge in [-0.05, 0) is 55.3 Å². The molecule has 2 aliphatic heterocycles. The van der Waals surface area contributed by atoms with Gasteiger partial charge in [0.25, 0.3) is 0 Å². The molecule has 0 bridgehead atoms. The number of hydrogen-bond donors (Lipinski definition) is 3. The van der Waals surface area contributed by atoms with Crippen LogP contribution in [-0.2, 0) is 22.6 Å². The third-order valence-corrected chi connectivity index (χ3v) is 8.74. The molecule has 2 amide bonds. The molecule has 4 rings (SSSR count). The van der Waals surface area contributed by atoms with Gasteiger partial charge in [0.2, 0.25) is 11.8 Å². The smallest absolute Gasteiger partial charge is 0.243 e. The van der Waals surface area contributed by atoms with Crippen LogP contribution in [0.4, 0.5) is 4.39 Å². The first-order valence-electron chi connectivity index (χ1n) is 15.2. The van der Waals surface area contributed by atoms with E-state index in [0.29, 0.717) is 44.9 Å². The van der Waals surface area contributed by atoms with Gasteiger partial charge in [0.1, 0.15) is 17.8 Å². The van der Waals surface area contributed by atoms with Crippen molar-refractivity contribution >= 4 is 11.8 Å². The van der Waals surface area contributed by atoms with Crippen molar-refractivity contribution < 1.29 is 19.1 Å². The van der Waals surface area contributed by atoms with Gasteiger partial charge in [-0.25, -0.2) is 4.39 Å². The summed E-state index contributed by atoms with van der Waals surface area (Å²) in [5.74, 6) is -0.0248. The number of likely N-dealkylation sites (tertiary alicyclic amines) is 2. The summed E-state index contributed by atoms with van der Waals surface area (Å²) >= 11 is 0. The van der Waals surface area contributed by atoms with Gasteiger partial charge >= 0.3 is 0 Å². The lowest BCUT2D eigenvalue weighted by Crippen LogP contribution is -2.56. The zero-order chi connectivity index (χ0) is 29.6. The first-order chi connectivity index (χ1) is 19.6. The highest BCUT2D eigenvalue weighted by Gasteiger charge is 2.57. The first-order valence-corrected chi connectivity index (χ1v) is 15.2. The molecule has 2 aromatic carbocycles. The predicted octanol–water partition coefficient (Wildman–Crippen LogP) is 3.80. The fourth-order valence-corrected chi connectivity index (χ4v) is 6.35. The normalized spacial score (nSPS) is 23.3. The molecular formula is C33H47FN4O3. The van der Waals surface area contributed by atoms with Crippen LogP contribution in [-0.4, -0.2) is 82.8 Å². The third kappa shape index (κ3) is 7.34. The quantitative estimate of drug-likeness (QED) is 0.344. The lowest BCUT2D eigenvalue weighted by atomic mass is 9.93. The Morgan fingerprint density at radius 2 is 1.85 bits per heavy atom. The Balaban J connectivity index is 1.41. The lowest BCUT2D eigenvalue weighted by molar-refractivity contribution is -0.143. The van der Waals surface area contributed by atoms with E-state index in [0.717, 1.165) is 17.5 Å². The Bertz CT molecular complexity index is 1160. The molecule has 2 aliphatic rings. The van der Waals surface area contributed by atoms with Gasteiger partial charge in [0.05, 0.1) is 12.1 Å². The molecule has 3 N–H and O–H groups in total. The number of carbonyl (C=O) groups is 2. The summed E-state index contributed by atoms with van der Waals surface area (Å²) in [6.45, 7) is 10.3. The minimum absolute atomic E-state index is 0.154. The molecule has 2 heterocycles. The van der Waals surface area contributed by atoms with Crippen LogP contribution >= 0.6 is 0 Å². The maximum Gasteiger partial charge on any atom is 0.243 e. The second kappa shape index (κ2) is 13.9. The van der Waals surface area contributed by atoms with Crippen LogP contribution < -0.4 is 10.6 Å². The molecule has 0 aromatic heterocycles. The van der Waals surface area contributed by atoms with Crippen molar-refractivity contribution in [3.63, 3.8) is 0 Å². The van der Waals surface area contributed by atoms with Crippen LogP contribution in [0.5, 0.6) is 0 Å². The third-order valence-electron chi connectivity index (χ3n) is 8.74. The largest absolute Gasteiger partial charge is 0.390 e. The van der Waals surface area contributed by atoms with Crippen molar-refractivity contribution in [2.75, 3.05) is 26.2 Å². The van der Waals surface area contributed by atoms with E-state index in [1.165, 1.54) is 5.56 Å². The molecule has 0 radical (unpaired) electrons. The number of nitrogens with one attached hydrogen (secondary N) is 2. The average molecular weight is 567 g/mol. The van der Waals surface area contributed by atoms with Gasteiger partial charge in [0, 0.05) is 32.6 Å². The molecule has 2 aromatic rings. The molecule has 8 heteroatoms. The Kier molecular flexibility index (Phi) is 10.6. The van der Waals surface area contributed by atoms with E-state index in [1.807, 2.05) is 48.2 Å². The van der Waals surface area contributed by atoms with Crippen molar-refractivity contribution in [1.29, 1.82) is 0 Å². The van der Waals surface area contributed by atoms with Crippen molar-refractivity contribution in [3.05, 3.63) is 71.3 Å². The van der Waals surface area contributed by atoms with Crippen LogP contribution in [0, 0.1) is 0 Å². The van der Waals surface area contributed by atoms with Gasteiger partial charge in [-0.15, -0.1) is 0 Å². The highest BCUT2D eigenvalue weighted by atomic mass is 19.1. The number of aliphatic hydroxyl groups excluding tert-OH is 1. The molecule has 0 aliphatic carbocycles. The molecule has 2 fully saturated rings. The SMILES string of the molecule is CCCN1C[C@@H](F)C[C@]12CCN([C@@H](C)C(=O)N[C@@H](Cc1ccccc1)[C@H](O)CNCc1cccc(C(C)C)c1)C2=O. The van der Waals surface area contributed by atoms with E-state index in [9.17, 15) is 19.1 Å². The van der Waals surface area contributed by atoms with Gasteiger partial charge in [-0.1, -0.05) is 75.4 Å². The molecule has 41 heavy (non-hydrogen) atoms. The summed E-state index contributed by atoms with van der Waals surface area (Å²) in [5.41, 5.74) is 2.56. The van der Waals surface area contributed by atoms with E-state index in [4.69, 9.17) is 0 Å². The van der Waals surface area contributed by atoms with Crippen LogP contribution in [0.15, 0.2) is 54.6 Å². The Hall–Kier alpha value is -2.81. The highest BCUT2D eigenvalue weighted by molar-refractivity contribution is 5.94. The summed E-state index contributed by atoms with van der Waals surface area (Å²) < 4.78 is 14.5. The van der Waals surface area contributed by atoms with Crippen molar-refractivity contribution in [1.82, 2.24) is 20.4 Å². The van der Waals surface area contributed by atoms with E-state index in [2.05, 4.69) is 42.7 Å². The second-order valence-corrected chi connectivity index (χ2v) is 12.1. The number of benzene rings is 2. The maximum absolute atomic E-state index is 14.5. The van der Waals surface area contributed by atoms with Crippen molar-refractivity contribution in [2.45, 2.75) is 95.7 Å². The van der Waals surface area contributed by atoms with Crippen LogP contribution in [0.25, 0.3) is 0 Å². The number of aliphatic hydroxyl groups is 1. The molecule has 0 unspecified atom stereocenters. The average Bonchev–Trinajstić information content (AvgIpc) is 3.46. The molecule has 7 nitrogen and oxygen atoms in total. The summed E-state index contributed by atoms with van der Waals surface area (Å²) in [6.07, 6.45) is 0.146. The van der Waals surface area contributed by atoms with Crippen LogP contribution in [0.1, 0.15) is 69.6 Å². The van der Waals surface area contributed by atoms with Crippen molar-refractivity contribution in [2.24, 2.45) is 0 Å². The predicted molar refractivity (Wildman–Crippen MR) is 160 cm³/mol. The second-order valence-electron chi connectivity index (χ2n) is 12.1. The molecule has 224 valence electrons. The zero-order valence-electron chi connectivity index (χ0n) is 25.0. The molecular weight excluding hydrogens is 519 g/mol. The van der Waals surface area contributed by atoms with Gasteiger partial charge < -0.3 is 20.6 Å². The van der Waals surface area contributed by atoms with E-state index < -0.39 is 29.9 Å². The monoisotopic (exact) mass is 566 g/mol. The standard InChI is InChI=1S/C33H47FN4O3/c1-5-15-37-22-28(34)19-33(37)14-16-38(32(33)41)24(4)31(40)36-29(18-25-10-7-6-8-11-25)30(39)21-35-20-26-12-9-13-27(17-26)23(2)3/h6-13,17,23-24,28-30,35,39H,5,14-16,18-22H2,1-4H3,(H,36,40)/t24-,28-,29-,30+,33-/m0/s1. The van der Waals surface area contributed by atoms with Gasteiger partial charge in [-0.2, -0.15) is 0 Å².